The Morgan fingerprint density at radius 2 is 1.19 bits per heavy atom. The predicted molar refractivity (Wildman–Crippen MR) is 102 cm³/mol. The Kier molecular flexibility index (Phi) is 37.6. The van der Waals surface area contributed by atoms with Crippen LogP contribution in [0.4, 0.5) is 0 Å². The molecule has 0 fully saturated rings. The van der Waals surface area contributed by atoms with Crippen LogP contribution in [-0.4, -0.2) is 42.4 Å². The molecular weight excluding hydrogens is 399 g/mol. The maximum atomic E-state index is 10.9. The van der Waals surface area contributed by atoms with Crippen LogP contribution >= 0.6 is 0 Å². The van der Waals surface area contributed by atoms with E-state index in [1.165, 1.54) is 44.9 Å². The monoisotopic (exact) mass is 436 g/mol. The number of unbranched alkanes of at least 4 members (excludes halogenated alkanes) is 10. The molecule has 0 bridgehead atoms. The fraction of sp³-hybridized carbons (Fsp3) is 0.833. The molecule has 0 saturated carbocycles. The molecule has 0 aromatic heterocycles. The van der Waals surface area contributed by atoms with Crippen molar-refractivity contribution in [2.45, 2.75) is 84.0 Å². The van der Waals surface area contributed by atoms with E-state index in [1.807, 2.05) is 0 Å². The van der Waals surface area contributed by atoms with Crippen LogP contribution in [0.3, 0.4) is 0 Å². The van der Waals surface area contributed by atoms with Gasteiger partial charge in [-0.2, -0.15) is 0 Å². The Hall–Kier alpha value is 0.676. The zero-order valence-electron chi connectivity index (χ0n) is 17.2. The fourth-order valence-corrected chi connectivity index (χ4v) is 2.40. The normalized spacial score (nSPS) is 9.78. The predicted octanol–water partition coefficient (Wildman–Crippen LogP) is 0.468. The van der Waals surface area contributed by atoms with Gasteiger partial charge in [-0.1, -0.05) is 71.1 Å². The molecule has 0 aromatic rings. The molecule has 0 aliphatic carbocycles. The van der Waals surface area contributed by atoms with Crippen LogP contribution in [0, 0.1) is 0 Å². The molecule has 2 N–H and O–H groups in total. The van der Waals surface area contributed by atoms with Crippen LogP contribution in [0.5, 0.6) is 0 Å². The summed E-state index contributed by atoms with van der Waals surface area (Å²) >= 11 is 0. The summed E-state index contributed by atoms with van der Waals surface area (Å²) < 4.78 is 34.1. The SMILES string of the molecule is C=C.CCCCCCCCCCCCCC(=O)OS(=O)(=O)[O-].OCCO.[K+]. The van der Waals surface area contributed by atoms with E-state index in [-0.39, 0.29) is 71.0 Å². The van der Waals surface area contributed by atoms with Crippen molar-refractivity contribution < 1.29 is 83.5 Å². The molecular formula is C18H37KO7S. The number of aliphatic hydroxyl groups excluding tert-OH is 2. The third-order valence-electron chi connectivity index (χ3n) is 3.28. The Morgan fingerprint density at radius 3 is 1.48 bits per heavy atom. The molecule has 9 heteroatoms. The summed E-state index contributed by atoms with van der Waals surface area (Å²) in [5, 5.41) is 15.2. The van der Waals surface area contributed by atoms with E-state index < -0.39 is 16.4 Å². The van der Waals surface area contributed by atoms with Crippen molar-refractivity contribution in [1.82, 2.24) is 0 Å². The van der Waals surface area contributed by atoms with Crippen LogP contribution < -0.4 is 51.4 Å². The number of hydrogen-bond acceptors (Lipinski definition) is 7. The Labute approximate surface area is 208 Å². The van der Waals surface area contributed by atoms with Crippen molar-refractivity contribution in [2.75, 3.05) is 13.2 Å². The number of carbonyl (C=O) groups is 1. The number of rotatable bonds is 14. The molecule has 0 atom stereocenters. The van der Waals surface area contributed by atoms with Gasteiger partial charge >= 0.3 is 57.4 Å². The second-order valence-corrected chi connectivity index (χ2v) is 6.58. The van der Waals surface area contributed by atoms with Crippen molar-refractivity contribution in [3.8, 4) is 0 Å². The van der Waals surface area contributed by atoms with Gasteiger partial charge in [0, 0.05) is 6.42 Å². The molecule has 0 rings (SSSR count). The van der Waals surface area contributed by atoms with Gasteiger partial charge in [0.15, 0.2) is 0 Å². The van der Waals surface area contributed by atoms with Crippen molar-refractivity contribution in [1.29, 1.82) is 0 Å². The van der Waals surface area contributed by atoms with Crippen molar-refractivity contribution >= 4 is 16.4 Å². The van der Waals surface area contributed by atoms with E-state index in [2.05, 4.69) is 24.3 Å². The first-order valence-corrected chi connectivity index (χ1v) is 10.6. The molecule has 0 aliphatic rings. The molecule has 0 radical (unpaired) electrons. The third-order valence-corrected chi connectivity index (χ3v) is 3.67. The minimum absolute atomic E-state index is 0. The molecule has 0 heterocycles. The van der Waals surface area contributed by atoms with Gasteiger partial charge < -0.3 is 18.9 Å². The molecule has 0 aromatic carbocycles. The topological polar surface area (TPSA) is 124 Å². The minimum atomic E-state index is -4.89. The van der Waals surface area contributed by atoms with E-state index in [4.69, 9.17) is 10.2 Å². The Balaban J connectivity index is -0.000000332. The standard InChI is InChI=1S/C14H28O5S.C2H6O2.C2H4.K/c1-2-3-4-5-6-7-8-9-10-11-12-13-14(15)19-20(16,17)18;3-1-2-4;1-2;/h2-13H2,1H3,(H,16,17,18);3-4H,1-2H2;1-2H2;/q;;;+1/p-1. The summed E-state index contributed by atoms with van der Waals surface area (Å²) in [6, 6.07) is 0. The first kappa shape index (κ1) is 35.1. The summed E-state index contributed by atoms with van der Waals surface area (Å²) in [7, 11) is -4.89. The second-order valence-electron chi connectivity index (χ2n) is 5.60. The van der Waals surface area contributed by atoms with E-state index in [9.17, 15) is 17.8 Å². The maximum Gasteiger partial charge on any atom is 1.00 e. The summed E-state index contributed by atoms with van der Waals surface area (Å²) in [5.74, 6) is -0.948. The number of carbonyl (C=O) groups excluding carboxylic acids is 1. The molecule has 27 heavy (non-hydrogen) atoms. The molecule has 0 aliphatic heterocycles. The molecule has 0 spiro atoms. The molecule has 0 unspecified atom stereocenters. The van der Waals surface area contributed by atoms with Crippen molar-refractivity contribution in [3.05, 3.63) is 13.2 Å². The molecule has 0 saturated heterocycles. The van der Waals surface area contributed by atoms with E-state index >= 15 is 0 Å². The van der Waals surface area contributed by atoms with Gasteiger partial charge in [-0.15, -0.1) is 13.2 Å². The van der Waals surface area contributed by atoms with Gasteiger partial charge in [0.25, 0.3) is 10.4 Å². The van der Waals surface area contributed by atoms with Crippen LogP contribution in [0.1, 0.15) is 84.0 Å². The van der Waals surface area contributed by atoms with Gasteiger partial charge in [0.2, 0.25) is 0 Å². The van der Waals surface area contributed by atoms with Gasteiger partial charge in [-0.05, 0) is 6.42 Å². The van der Waals surface area contributed by atoms with Crippen LogP contribution in [0.2, 0.25) is 0 Å². The van der Waals surface area contributed by atoms with Crippen LogP contribution in [0.25, 0.3) is 0 Å². The summed E-state index contributed by atoms with van der Waals surface area (Å²) in [5.41, 5.74) is 0. The van der Waals surface area contributed by atoms with Crippen LogP contribution in [-0.2, 0) is 19.4 Å². The maximum absolute atomic E-state index is 10.9. The average Bonchev–Trinajstić information content (AvgIpc) is 2.60. The fourth-order valence-electron chi connectivity index (χ4n) is 2.09. The van der Waals surface area contributed by atoms with Gasteiger partial charge in [-0.3, -0.25) is 4.79 Å². The van der Waals surface area contributed by atoms with E-state index in [1.54, 1.807) is 0 Å². The van der Waals surface area contributed by atoms with E-state index in [0.717, 1.165) is 19.3 Å². The Morgan fingerprint density at radius 1 is 0.852 bits per heavy atom. The molecule has 158 valence electrons. The Bertz CT molecular complexity index is 387. The number of aliphatic hydroxyl groups is 2. The largest absolute Gasteiger partial charge is 1.00 e. The van der Waals surface area contributed by atoms with Gasteiger partial charge in [0.1, 0.15) is 0 Å². The zero-order chi connectivity index (χ0) is 20.7. The van der Waals surface area contributed by atoms with Gasteiger partial charge in [-0.25, -0.2) is 8.42 Å². The average molecular weight is 437 g/mol. The smallest absolute Gasteiger partial charge is 0.716 e. The minimum Gasteiger partial charge on any atom is -0.716 e. The molecule has 0 amide bonds. The third kappa shape index (κ3) is 42.0. The number of hydrogen-bond donors (Lipinski definition) is 2. The summed E-state index contributed by atoms with van der Waals surface area (Å²) in [4.78, 5) is 10.9. The van der Waals surface area contributed by atoms with Crippen LogP contribution in [0.15, 0.2) is 13.2 Å². The molecule has 7 nitrogen and oxygen atoms in total. The van der Waals surface area contributed by atoms with Crippen molar-refractivity contribution in [3.63, 3.8) is 0 Å². The second kappa shape index (κ2) is 28.9. The first-order chi connectivity index (χ1) is 12.4. The quantitative estimate of drug-likeness (QED) is 0.133. The van der Waals surface area contributed by atoms with Crippen molar-refractivity contribution in [2.24, 2.45) is 0 Å². The summed E-state index contributed by atoms with van der Waals surface area (Å²) in [6.07, 6.45) is 12.7. The zero-order valence-corrected chi connectivity index (χ0v) is 21.1. The van der Waals surface area contributed by atoms with E-state index in [0.29, 0.717) is 6.42 Å². The van der Waals surface area contributed by atoms with Gasteiger partial charge in [0.05, 0.1) is 13.2 Å². The first-order valence-electron chi connectivity index (χ1n) is 9.27. The summed E-state index contributed by atoms with van der Waals surface area (Å²) in [6.45, 7) is 7.96.